The smallest absolute Gasteiger partial charge is 0.303 e. The summed E-state index contributed by atoms with van der Waals surface area (Å²) in [6.45, 7) is 1.91. The molecule has 0 radical (unpaired) electrons. The number of carboxylic acids is 1. The van der Waals surface area contributed by atoms with Crippen LogP contribution >= 0.6 is 0 Å². The Bertz CT molecular complexity index is 469. The summed E-state index contributed by atoms with van der Waals surface area (Å²) in [7, 11) is 1.57. The van der Waals surface area contributed by atoms with Gasteiger partial charge in [-0.3, -0.25) is 14.4 Å². The van der Waals surface area contributed by atoms with Gasteiger partial charge in [-0.05, 0) is 19.4 Å². The van der Waals surface area contributed by atoms with Crippen molar-refractivity contribution in [2.24, 2.45) is 0 Å². The number of hydrogen-bond donors (Lipinski definition) is 2. The Morgan fingerprint density at radius 2 is 2.15 bits per heavy atom. The van der Waals surface area contributed by atoms with Crippen molar-refractivity contribution < 1.29 is 23.9 Å². The highest BCUT2D eigenvalue weighted by molar-refractivity contribution is 5.97. The lowest BCUT2D eigenvalue weighted by Gasteiger charge is -2.21. The molecule has 7 nitrogen and oxygen atoms in total. The Labute approximate surface area is 116 Å². The molecule has 1 aromatic rings. The van der Waals surface area contributed by atoms with Gasteiger partial charge in [0, 0.05) is 20.0 Å². The zero-order chi connectivity index (χ0) is 15.1. The van der Waals surface area contributed by atoms with Crippen molar-refractivity contribution in [2.75, 3.05) is 13.6 Å². The molecule has 0 aromatic carbocycles. The minimum absolute atomic E-state index is 0.00732. The molecule has 7 heteroatoms. The number of amides is 2. The number of likely N-dealkylation sites (N-methyl/N-ethyl adjacent to an activating group) is 1. The van der Waals surface area contributed by atoms with E-state index in [0.29, 0.717) is 18.5 Å². The van der Waals surface area contributed by atoms with Gasteiger partial charge in [0.15, 0.2) is 0 Å². The monoisotopic (exact) mass is 282 g/mol. The fourth-order valence-corrected chi connectivity index (χ4v) is 1.64. The van der Waals surface area contributed by atoms with Crippen molar-refractivity contribution in [2.45, 2.75) is 25.8 Å². The van der Waals surface area contributed by atoms with Gasteiger partial charge < -0.3 is 19.7 Å². The molecule has 0 fully saturated rings. The topological polar surface area (TPSA) is 99.9 Å². The molecule has 1 rings (SSSR count). The summed E-state index contributed by atoms with van der Waals surface area (Å²) in [5, 5.41) is 11.1. The van der Waals surface area contributed by atoms with Gasteiger partial charge >= 0.3 is 5.97 Å². The van der Waals surface area contributed by atoms with Gasteiger partial charge in [-0.25, -0.2) is 0 Å². The molecule has 2 amide bonds. The number of rotatable bonds is 7. The van der Waals surface area contributed by atoms with Gasteiger partial charge in [0.2, 0.25) is 5.91 Å². The molecule has 0 aliphatic heterocycles. The molecule has 1 unspecified atom stereocenters. The fourth-order valence-electron chi connectivity index (χ4n) is 1.64. The molecule has 0 spiro atoms. The van der Waals surface area contributed by atoms with Crippen LogP contribution in [-0.2, 0) is 9.59 Å². The molecule has 0 aliphatic rings. The molecule has 1 atom stereocenters. The highest BCUT2D eigenvalue weighted by atomic mass is 16.4. The summed E-state index contributed by atoms with van der Waals surface area (Å²) < 4.78 is 4.79. The van der Waals surface area contributed by atoms with Crippen LogP contribution in [0.3, 0.4) is 0 Å². The van der Waals surface area contributed by atoms with Gasteiger partial charge in [0.05, 0.1) is 11.8 Å². The third-order valence-corrected chi connectivity index (χ3v) is 2.76. The number of carbonyl (C=O) groups excluding carboxylic acids is 2. The van der Waals surface area contributed by atoms with E-state index in [0.717, 1.165) is 0 Å². The summed E-state index contributed by atoms with van der Waals surface area (Å²) >= 11 is 0. The lowest BCUT2D eigenvalue weighted by molar-refractivity contribution is -0.138. The first-order valence-corrected chi connectivity index (χ1v) is 6.21. The fraction of sp³-hybridized carbons (Fsp3) is 0.462. The highest BCUT2D eigenvalue weighted by Gasteiger charge is 2.20. The van der Waals surface area contributed by atoms with E-state index in [2.05, 4.69) is 5.32 Å². The minimum atomic E-state index is -0.896. The van der Waals surface area contributed by atoms with Gasteiger partial charge in [0.1, 0.15) is 12.3 Å². The van der Waals surface area contributed by atoms with Crippen molar-refractivity contribution in [3.63, 3.8) is 0 Å². The average Bonchev–Trinajstić information content (AvgIpc) is 2.90. The van der Waals surface area contributed by atoms with Crippen LogP contribution < -0.4 is 5.32 Å². The summed E-state index contributed by atoms with van der Waals surface area (Å²) in [5.74, 6) is -1.56. The van der Waals surface area contributed by atoms with Crippen LogP contribution in [0.5, 0.6) is 0 Å². The van der Waals surface area contributed by atoms with E-state index in [-0.39, 0.29) is 12.3 Å². The molecule has 110 valence electrons. The van der Waals surface area contributed by atoms with Crippen LogP contribution in [0, 0.1) is 0 Å². The largest absolute Gasteiger partial charge is 0.481 e. The lowest BCUT2D eigenvalue weighted by Crippen LogP contribution is -2.45. The zero-order valence-electron chi connectivity index (χ0n) is 11.5. The van der Waals surface area contributed by atoms with Crippen LogP contribution in [0.15, 0.2) is 23.0 Å². The normalized spacial score (nSPS) is 11.7. The third-order valence-electron chi connectivity index (χ3n) is 2.76. The van der Waals surface area contributed by atoms with Crippen molar-refractivity contribution in [3.8, 4) is 0 Å². The third kappa shape index (κ3) is 4.75. The Morgan fingerprint density at radius 1 is 1.45 bits per heavy atom. The lowest BCUT2D eigenvalue weighted by atomic mass is 10.2. The molecule has 0 saturated carbocycles. The maximum Gasteiger partial charge on any atom is 0.303 e. The number of nitrogens with one attached hydrogen (secondary N) is 1. The molecule has 2 N–H and O–H groups in total. The first kappa shape index (κ1) is 15.7. The zero-order valence-corrected chi connectivity index (χ0v) is 11.5. The predicted molar refractivity (Wildman–Crippen MR) is 70.1 cm³/mol. The maximum atomic E-state index is 12.0. The van der Waals surface area contributed by atoms with E-state index in [9.17, 15) is 14.4 Å². The standard InChI is InChI=1S/C13H18N2O5/c1-9(14-12(18)10-5-7-20-8-10)13(19)15(2)6-3-4-11(16)17/h5,7-9H,3-4,6H2,1-2H3,(H,14,18)(H,16,17). The summed E-state index contributed by atoms with van der Waals surface area (Å²) in [5.41, 5.74) is 0.346. The van der Waals surface area contributed by atoms with Crippen molar-refractivity contribution in [3.05, 3.63) is 24.2 Å². The molecule has 1 heterocycles. The van der Waals surface area contributed by atoms with Gasteiger partial charge in [-0.2, -0.15) is 0 Å². The number of hydrogen-bond acceptors (Lipinski definition) is 4. The number of aliphatic carboxylic acids is 1. The molecule has 20 heavy (non-hydrogen) atoms. The highest BCUT2D eigenvalue weighted by Crippen LogP contribution is 2.02. The average molecular weight is 282 g/mol. The first-order valence-electron chi connectivity index (χ1n) is 6.21. The summed E-state index contributed by atoms with van der Waals surface area (Å²) in [6.07, 6.45) is 3.05. The van der Waals surface area contributed by atoms with Gasteiger partial charge in [0.25, 0.3) is 5.91 Å². The predicted octanol–water partition coefficient (Wildman–Crippen LogP) is 0.721. The van der Waals surface area contributed by atoms with E-state index in [1.807, 2.05) is 0 Å². The van der Waals surface area contributed by atoms with E-state index in [1.54, 1.807) is 14.0 Å². The van der Waals surface area contributed by atoms with Crippen LogP contribution in [0.4, 0.5) is 0 Å². The van der Waals surface area contributed by atoms with Crippen LogP contribution in [-0.4, -0.2) is 47.4 Å². The second-order valence-electron chi connectivity index (χ2n) is 4.46. The number of carboxylic acid groups (broad SMARTS) is 1. The Kier molecular flexibility index (Phi) is 5.76. The van der Waals surface area contributed by atoms with Gasteiger partial charge in [-0.1, -0.05) is 0 Å². The van der Waals surface area contributed by atoms with Crippen molar-refractivity contribution in [1.82, 2.24) is 10.2 Å². The maximum absolute atomic E-state index is 12.0. The molecule has 0 bridgehead atoms. The summed E-state index contributed by atoms with van der Waals surface area (Å²) in [4.78, 5) is 35.5. The number of furan rings is 1. The van der Waals surface area contributed by atoms with Crippen LogP contribution in [0.25, 0.3) is 0 Å². The van der Waals surface area contributed by atoms with E-state index >= 15 is 0 Å². The van der Waals surface area contributed by atoms with E-state index in [4.69, 9.17) is 9.52 Å². The number of carbonyl (C=O) groups is 3. The second-order valence-corrected chi connectivity index (χ2v) is 4.46. The van der Waals surface area contributed by atoms with E-state index < -0.39 is 17.9 Å². The Balaban J connectivity index is 2.41. The van der Waals surface area contributed by atoms with E-state index in [1.165, 1.54) is 23.5 Å². The van der Waals surface area contributed by atoms with Crippen LogP contribution in [0.1, 0.15) is 30.1 Å². The van der Waals surface area contributed by atoms with Crippen molar-refractivity contribution >= 4 is 17.8 Å². The molecular formula is C13H18N2O5. The summed E-state index contributed by atoms with van der Waals surface area (Å²) in [6, 6.07) is 0.815. The Hall–Kier alpha value is -2.31. The quantitative estimate of drug-likeness (QED) is 0.767. The second kappa shape index (κ2) is 7.32. The molecular weight excluding hydrogens is 264 g/mol. The number of nitrogens with zero attached hydrogens (tertiary/aromatic N) is 1. The molecule has 0 saturated heterocycles. The SMILES string of the molecule is CC(NC(=O)c1ccoc1)C(=O)N(C)CCCC(=O)O. The molecule has 1 aromatic heterocycles. The first-order chi connectivity index (χ1) is 9.41. The molecule has 0 aliphatic carbocycles. The Morgan fingerprint density at radius 3 is 2.70 bits per heavy atom. The van der Waals surface area contributed by atoms with Crippen molar-refractivity contribution in [1.29, 1.82) is 0 Å². The van der Waals surface area contributed by atoms with Crippen LogP contribution in [0.2, 0.25) is 0 Å². The van der Waals surface area contributed by atoms with Gasteiger partial charge in [-0.15, -0.1) is 0 Å². The minimum Gasteiger partial charge on any atom is -0.481 e.